The number of para-hydroxylation sites is 2. The molecule has 0 unspecified atom stereocenters. The van der Waals surface area contributed by atoms with E-state index in [1.54, 1.807) is 0 Å². The van der Waals surface area contributed by atoms with Crippen molar-refractivity contribution in [3.05, 3.63) is 231 Å². The number of furan rings is 1. The van der Waals surface area contributed by atoms with Crippen LogP contribution in [-0.4, -0.2) is 4.57 Å². The van der Waals surface area contributed by atoms with Crippen molar-refractivity contribution in [2.45, 2.75) is 0 Å². The van der Waals surface area contributed by atoms with Gasteiger partial charge in [-0.3, -0.25) is 0 Å². The summed E-state index contributed by atoms with van der Waals surface area (Å²) in [6.07, 6.45) is 0. The average Bonchev–Trinajstić information content (AvgIpc) is 3.88. The Balaban J connectivity index is 0.987. The minimum absolute atomic E-state index is 0.869. The number of aromatic nitrogens is 1. The lowest BCUT2D eigenvalue weighted by molar-refractivity contribution is 0.670. The van der Waals surface area contributed by atoms with Gasteiger partial charge in [-0.2, -0.15) is 0 Å². The summed E-state index contributed by atoms with van der Waals surface area (Å²) in [6.45, 7) is 0. The molecule has 0 amide bonds. The van der Waals surface area contributed by atoms with E-state index in [4.69, 9.17) is 4.42 Å². The summed E-state index contributed by atoms with van der Waals surface area (Å²) < 4.78 is 9.04. The molecule has 0 atom stereocenters. The first-order chi connectivity index (χ1) is 30.2. The largest absolute Gasteiger partial charge is 0.455 e. The van der Waals surface area contributed by atoms with Crippen molar-refractivity contribution in [2.75, 3.05) is 4.90 Å². The third-order valence-corrected chi connectivity index (χ3v) is 12.2. The first kappa shape index (κ1) is 34.9. The predicted molar refractivity (Wildman–Crippen MR) is 257 cm³/mol. The van der Waals surface area contributed by atoms with Crippen LogP contribution in [0.3, 0.4) is 0 Å². The van der Waals surface area contributed by atoms with Crippen LogP contribution in [-0.2, 0) is 0 Å². The quantitative estimate of drug-likeness (QED) is 0.161. The molecule has 2 aromatic heterocycles. The maximum absolute atomic E-state index is 6.60. The Morgan fingerprint density at radius 2 is 0.918 bits per heavy atom. The second-order valence-corrected chi connectivity index (χ2v) is 15.7. The van der Waals surface area contributed by atoms with Gasteiger partial charge in [-0.15, -0.1) is 0 Å². The Bertz CT molecular complexity index is 3550. The van der Waals surface area contributed by atoms with Crippen LogP contribution in [0.25, 0.3) is 93.6 Å². The van der Waals surface area contributed by atoms with Crippen molar-refractivity contribution in [1.29, 1.82) is 0 Å². The third-order valence-electron chi connectivity index (χ3n) is 12.2. The summed E-state index contributed by atoms with van der Waals surface area (Å²) in [5, 5.41) is 7.18. The summed E-state index contributed by atoms with van der Waals surface area (Å²) in [5.41, 5.74) is 15.5. The van der Waals surface area contributed by atoms with Gasteiger partial charge in [-0.1, -0.05) is 170 Å². The van der Waals surface area contributed by atoms with Crippen LogP contribution in [0.5, 0.6) is 0 Å². The Morgan fingerprint density at radius 3 is 1.66 bits per heavy atom. The summed E-state index contributed by atoms with van der Waals surface area (Å²) in [7, 11) is 0. The zero-order valence-electron chi connectivity index (χ0n) is 33.2. The van der Waals surface area contributed by atoms with Crippen molar-refractivity contribution in [1.82, 2.24) is 4.57 Å². The SMILES string of the molecule is c1ccc(-c2ccc(N(c3ccc(-c4ccc5c6ccc7ccccc7c6n(-c6ccccc6)c5c4)cc3)c3ccc4oc5c(-c6ccccc6)cccc5c4c3)cc2)cc1. The number of benzene rings is 10. The number of fused-ring (bicyclic) bond motifs is 8. The van der Waals surface area contributed by atoms with Crippen LogP contribution < -0.4 is 4.90 Å². The number of hydrogen-bond donors (Lipinski definition) is 0. The molecule has 3 nitrogen and oxygen atoms in total. The number of rotatable bonds is 7. The van der Waals surface area contributed by atoms with Gasteiger partial charge in [0, 0.05) is 55.2 Å². The minimum atomic E-state index is 0.869. The molecule has 0 N–H and O–H groups in total. The summed E-state index contributed by atoms with van der Waals surface area (Å²) in [6, 6.07) is 82.8. The minimum Gasteiger partial charge on any atom is -0.455 e. The maximum Gasteiger partial charge on any atom is 0.143 e. The summed E-state index contributed by atoms with van der Waals surface area (Å²) in [5.74, 6) is 0. The van der Waals surface area contributed by atoms with Gasteiger partial charge >= 0.3 is 0 Å². The molecular formula is C58H38N2O. The maximum atomic E-state index is 6.60. The van der Waals surface area contributed by atoms with Gasteiger partial charge in [0.1, 0.15) is 11.2 Å². The molecule has 0 bridgehead atoms. The Labute approximate surface area is 353 Å². The van der Waals surface area contributed by atoms with Gasteiger partial charge < -0.3 is 13.9 Å². The molecule has 10 aromatic carbocycles. The van der Waals surface area contributed by atoms with Crippen LogP contribution in [0.15, 0.2) is 235 Å². The van der Waals surface area contributed by atoms with Gasteiger partial charge in [0.25, 0.3) is 0 Å². The van der Waals surface area contributed by atoms with E-state index in [0.717, 1.165) is 61.4 Å². The van der Waals surface area contributed by atoms with Crippen LogP contribution in [0.4, 0.5) is 17.1 Å². The van der Waals surface area contributed by atoms with E-state index in [1.165, 1.54) is 49.3 Å². The highest BCUT2D eigenvalue weighted by atomic mass is 16.3. The van der Waals surface area contributed by atoms with Gasteiger partial charge in [0.05, 0.1) is 11.0 Å². The topological polar surface area (TPSA) is 21.3 Å². The molecule has 12 rings (SSSR count). The normalized spacial score (nSPS) is 11.6. The lowest BCUT2D eigenvalue weighted by atomic mass is 10.0. The fraction of sp³-hybridized carbons (Fsp3) is 0. The standard InChI is InChI=1S/C58H38N2O/c1-4-13-39(14-5-1)40-23-29-46(30-24-40)59(48-33-36-56-54(38-48)53-22-12-21-50(58(53)61-56)42-15-6-2-7-16-42)47-31-25-41(26-32-47)44-28-34-51-52-35-27-43-17-10-11-20-49(43)57(52)60(55(51)37-44)45-18-8-3-9-19-45/h1-38H. The smallest absolute Gasteiger partial charge is 0.143 e. The van der Waals surface area contributed by atoms with Gasteiger partial charge in [-0.25, -0.2) is 0 Å². The number of anilines is 3. The van der Waals surface area contributed by atoms with E-state index in [0.29, 0.717) is 0 Å². The van der Waals surface area contributed by atoms with E-state index in [2.05, 4.69) is 234 Å². The molecule has 0 aliphatic heterocycles. The molecule has 0 spiro atoms. The zero-order valence-corrected chi connectivity index (χ0v) is 33.2. The van der Waals surface area contributed by atoms with Crippen LogP contribution in [0, 0.1) is 0 Å². The molecule has 0 saturated heterocycles. The van der Waals surface area contributed by atoms with E-state index in [9.17, 15) is 0 Å². The van der Waals surface area contributed by atoms with E-state index >= 15 is 0 Å². The first-order valence-corrected chi connectivity index (χ1v) is 20.8. The van der Waals surface area contributed by atoms with Crippen molar-refractivity contribution < 1.29 is 4.42 Å². The third kappa shape index (κ3) is 5.90. The molecule has 0 fully saturated rings. The zero-order chi connectivity index (χ0) is 40.3. The van der Waals surface area contributed by atoms with Crippen LogP contribution >= 0.6 is 0 Å². The van der Waals surface area contributed by atoms with Crippen LogP contribution in [0.1, 0.15) is 0 Å². The number of hydrogen-bond acceptors (Lipinski definition) is 2. The Kier molecular flexibility index (Phi) is 8.17. The second kappa shape index (κ2) is 14.3. The molecule has 61 heavy (non-hydrogen) atoms. The first-order valence-electron chi connectivity index (χ1n) is 20.8. The molecule has 3 heteroatoms. The summed E-state index contributed by atoms with van der Waals surface area (Å²) >= 11 is 0. The molecule has 0 aliphatic carbocycles. The molecule has 0 saturated carbocycles. The van der Waals surface area contributed by atoms with Crippen molar-refractivity contribution in [2.24, 2.45) is 0 Å². The van der Waals surface area contributed by atoms with Gasteiger partial charge in [-0.05, 0) is 93.9 Å². The highest BCUT2D eigenvalue weighted by Gasteiger charge is 2.19. The number of nitrogens with zero attached hydrogens (tertiary/aromatic N) is 2. The van der Waals surface area contributed by atoms with Crippen molar-refractivity contribution in [3.8, 4) is 39.1 Å². The van der Waals surface area contributed by atoms with Crippen molar-refractivity contribution in [3.63, 3.8) is 0 Å². The van der Waals surface area contributed by atoms with E-state index in [1.807, 2.05) is 6.07 Å². The monoisotopic (exact) mass is 778 g/mol. The molecule has 286 valence electrons. The van der Waals surface area contributed by atoms with Crippen molar-refractivity contribution >= 4 is 71.6 Å². The van der Waals surface area contributed by atoms with Crippen LogP contribution in [0.2, 0.25) is 0 Å². The molecule has 12 aromatic rings. The van der Waals surface area contributed by atoms with E-state index < -0.39 is 0 Å². The summed E-state index contributed by atoms with van der Waals surface area (Å²) in [4.78, 5) is 2.35. The Hall–Kier alpha value is -8.14. The highest BCUT2D eigenvalue weighted by molar-refractivity contribution is 6.19. The lowest BCUT2D eigenvalue weighted by Gasteiger charge is -2.26. The Morgan fingerprint density at radius 1 is 0.344 bits per heavy atom. The molecule has 2 heterocycles. The molecule has 0 radical (unpaired) electrons. The molecular weight excluding hydrogens is 741 g/mol. The lowest BCUT2D eigenvalue weighted by Crippen LogP contribution is -2.09. The predicted octanol–water partition coefficient (Wildman–Crippen LogP) is 16.3. The fourth-order valence-electron chi connectivity index (χ4n) is 9.26. The fourth-order valence-corrected chi connectivity index (χ4v) is 9.26. The average molecular weight is 779 g/mol. The second-order valence-electron chi connectivity index (χ2n) is 15.7. The van der Waals surface area contributed by atoms with E-state index in [-0.39, 0.29) is 0 Å². The van der Waals surface area contributed by atoms with Gasteiger partial charge in [0.2, 0.25) is 0 Å². The highest BCUT2D eigenvalue weighted by Crippen LogP contribution is 2.43. The van der Waals surface area contributed by atoms with Gasteiger partial charge in [0.15, 0.2) is 0 Å². The molecule has 0 aliphatic rings.